The fourth-order valence-corrected chi connectivity index (χ4v) is 3.63. The summed E-state index contributed by atoms with van der Waals surface area (Å²) >= 11 is 3.40. The van der Waals surface area contributed by atoms with Crippen molar-refractivity contribution in [2.45, 2.75) is 31.7 Å². The number of halogens is 1. The zero-order valence-corrected chi connectivity index (χ0v) is 16.8. The van der Waals surface area contributed by atoms with Crippen LogP contribution in [-0.2, 0) is 4.79 Å². The Hall–Kier alpha value is -2.06. The van der Waals surface area contributed by atoms with E-state index in [-0.39, 0.29) is 18.4 Å². The minimum atomic E-state index is -0.647. The first-order chi connectivity index (χ1) is 13.1. The second-order valence-electron chi connectivity index (χ2n) is 6.51. The number of unbranched alkanes of at least 4 members (excludes halogenated alkanes) is 2. The van der Waals surface area contributed by atoms with Gasteiger partial charge in [-0.2, -0.15) is 0 Å². The maximum Gasteiger partial charge on any atom is 0.260 e. The summed E-state index contributed by atoms with van der Waals surface area (Å²) in [4.78, 5) is 26.9. The average molecular weight is 439 g/mol. The minimum absolute atomic E-state index is 0.175. The molecule has 2 heterocycles. The number of carbonyl (C=O) groups excluding carboxylic acids is 2. The smallest absolute Gasteiger partial charge is 0.260 e. The molecule has 0 unspecified atom stereocenters. The molecule has 7 nitrogen and oxygen atoms in total. The highest BCUT2D eigenvalue weighted by Crippen LogP contribution is 2.38. The lowest BCUT2D eigenvalue weighted by molar-refractivity contribution is -0.119. The van der Waals surface area contributed by atoms with Gasteiger partial charge in [0.25, 0.3) is 5.91 Å². The van der Waals surface area contributed by atoms with Gasteiger partial charge in [0.15, 0.2) is 11.5 Å². The van der Waals surface area contributed by atoms with Gasteiger partial charge in [-0.1, -0.05) is 15.9 Å². The fourth-order valence-electron chi connectivity index (χ4n) is 3.23. The Morgan fingerprint density at radius 3 is 2.78 bits per heavy atom. The number of rotatable bonds is 8. The number of hydrogen-bond donors (Lipinski definition) is 2. The van der Waals surface area contributed by atoms with Gasteiger partial charge in [0.05, 0.1) is 31.6 Å². The summed E-state index contributed by atoms with van der Waals surface area (Å²) in [5, 5.41) is 13.1. The first-order valence-corrected chi connectivity index (χ1v) is 10.1. The summed E-state index contributed by atoms with van der Waals surface area (Å²) in [6.07, 6.45) is 4.92. The molecule has 0 saturated heterocycles. The van der Waals surface area contributed by atoms with Crippen molar-refractivity contribution in [3.8, 4) is 11.5 Å². The predicted molar refractivity (Wildman–Crippen MR) is 105 cm³/mol. The monoisotopic (exact) mass is 438 g/mol. The molecule has 0 saturated carbocycles. The molecular formula is C19H23BrN2O5. The van der Waals surface area contributed by atoms with Crippen molar-refractivity contribution >= 4 is 33.4 Å². The number of carbonyl (C=O) groups is 2. The second kappa shape index (κ2) is 8.75. The predicted octanol–water partition coefficient (Wildman–Crippen LogP) is 2.68. The lowest BCUT2D eigenvalue weighted by Gasteiger charge is -2.19. The van der Waals surface area contributed by atoms with Gasteiger partial charge >= 0.3 is 0 Å². The molecule has 0 aromatic heterocycles. The van der Waals surface area contributed by atoms with Crippen molar-refractivity contribution in [2.24, 2.45) is 0 Å². The van der Waals surface area contributed by atoms with Gasteiger partial charge in [-0.3, -0.25) is 9.59 Å². The van der Waals surface area contributed by atoms with Gasteiger partial charge in [0, 0.05) is 24.0 Å². The Balaban J connectivity index is 1.86. The van der Waals surface area contributed by atoms with Crippen molar-refractivity contribution in [1.82, 2.24) is 4.90 Å². The van der Waals surface area contributed by atoms with Gasteiger partial charge in [-0.15, -0.1) is 0 Å². The Morgan fingerprint density at radius 2 is 2.07 bits per heavy atom. The summed E-state index contributed by atoms with van der Waals surface area (Å²) in [5.74, 6) is 0.354. The number of fused-ring (bicyclic) bond motifs is 2. The van der Waals surface area contributed by atoms with E-state index in [9.17, 15) is 14.7 Å². The zero-order chi connectivity index (χ0) is 19.4. The SMILES string of the molecule is COc1cc2c(cc1OCCCCCBr)NC(=O)[C@@H]1CC(CO)=CN1C2=O. The first-order valence-electron chi connectivity index (χ1n) is 8.93. The summed E-state index contributed by atoms with van der Waals surface area (Å²) < 4.78 is 11.2. The fraction of sp³-hybridized carbons (Fsp3) is 0.474. The van der Waals surface area contributed by atoms with E-state index in [2.05, 4.69) is 21.2 Å². The first kappa shape index (κ1) is 19.7. The van der Waals surface area contributed by atoms with Crippen LogP contribution in [-0.4, -0.2) is 53.5 Å². The Bertz CT molecular complexity index is 765. The molecule has 2 aliphatic heterocycles. The molecule has 0 spiro atoms. The molecule has 146 valence electrons. The summed E-state index contributed by atoms with van der Waals surface area (Å²) in [6, 6.07) is 2.60. The second-order valence-corrected chi connectivity index (χ2v) is 7.31. The van der Waals surface area contributed by atoms with Crippen LogP contribution in [0.1, 0.15) is 36.0 Å². The number of benzene rings is 1. The molecule has 27 heavy (non-hydrogen) atoms. The third-order valence-corrected chi connectivity index (χ3v) is 5.24. The number of aliphatic hydroxyl groups excluding tert-OH is 1. The van der Waals surface area contributed by atoms with Gasteiger partial charge in [0.1, 0.15) is 6.04 Å². The normalized spacial score (nSPS) is 18.4. The number of nitrogens with one attached hydrogen (secondary N) is 1. The number of alkyl halides is 1. The number of aliphatic hydroxyl groups is 1. The maximum absolute atomic E-state index is 12.9. The molecular weight excluding hydrogens is 416 g/mol. The molecule has 2 amide bonds. The molecule has 0 fully saturated rings. The van der Waals surface area contributed by atoms with E-state index < -0.39 is 6.04 Å². The van der Waals surface area contributed by atoms with Crippen LogP contribution < -0.4 is 14.8 Å². The molecule has 8 heteroatoms. The van der Waals surface area contributed by atoms with Gasteiger partial charge < -0.3 is 24.8 Å². The standard InChI is InChI=1S/C19H23BrN2O5/c1-26-16-8-13-14(9-17(16)27-6-4-2-3-5-20)21-18(24)15-7-12(11-23)10-22(15)19(13)25/h8-10,15,23H,2-7,11H2,1H3,(H,21,24)/t15-/m0/s1. The minimum Gasteiger partial charge on any atom is -0.493 e. The highest BCUT2D eigenvalue weighted by Gasteiger charge is 2.39. The summed E-state index contributed by atoms with van der Waals surface area (Å²) in [5.41, 5.74) is 1.40. The average Bonchev–Trinajstić information content (AvgIpc) is 3.08. The van der Waals surface area contributed by atoms with Crippen LogP contribution in [0.3, 0.4) is 0 Å². The van der Waals surface area contributed by atoms with E-state index in [1.807, 2.05) is 0 Å². The number of nitrogens with zero attached hydrogens (tertiary/aromatic N) is 1. The van der Waals surface area contributed by atoms with Crippen LogP contribution in [0.25, 0.3) is 0 Å². The van der Waals surface area contributed by atoms with Crippen molar-refractivity contribution < 1.29 is 24.2 Å². The molecule has 0 bridgehead atoms. The Labute approximate surface area is 166 Å². The topological polar surface area (TPSA) is 88.1 Å². The van der Waals surface area contributed by atoms with E-state index in [0.29, 0.717) is 41.4 Å². The number of methoxy groups -OCH3 is 1. The number of ether oxygens (including phenoxy) is 2. The van der Waals surface area contributed by atoms with Crippen molar-refractivity contribution in [3.05, 3.63) is 29.5 Å². The van der Waals surface area contributed by atoms with Gasteiger partial charge in [-0.25, -0.2) is 0 Å². The Kier molecular flexibility index (Phi) is 6.38. The van der Waals surface area contributed by atoms with Crippen molar-refractivity contribution in [2.75, 3.05) is 31.0 Å². The Morgan fingerprint density at radius 1 is 1.26 bits per heavy atom. The summed E-state index contributed by atoms with van der Waals surface area (Å²) in [7, 11) is 1.52. The van der Waals surface area contributed by atoms with Crippen LogP contribution in [0.2, 0.25) is 0 Å². The lowest BCUT2D eigenvalue weighted by Crippen LogP contribution is -2.38. The van der Waals surface area contributed by atoms with E-state index >= 15 is 0 Å². The third-order valence-electron chi connectivity index (χ3n) is 4.68. The molecule has 1 atom stereocenters. The van der Waals surface area contributed by atoms with Crippen LogP contribution >= 0.6 is 15.9 Å². The highest BCUT2D eigenvalue weighted by molar-refractivity contribution is 9.09. The molecule has 2 N–H and O–H groups in total. The van der Waals surface area contributed by atoms with Crippen LogP contribution in [0.4, 0.5) is 5.69 Å². The molecule has 3 rings (SSSR count). The van der Waals surface area contributed by atoms with E-state index in [1.54, 1.807) is 18.3 Å². The number of anilines is 1. The van der Waals surface area contributed by atoms with E-state index in [0.717, 1.165) is 24.6 Å². The number of amides is 2. The van der Waals surface area contributed by atoms with E-state index in [1.165, 1.54) is 12.0 Å². The van der Waals surface area contributed by atoms with E-state index in [4.69, 9.17) is 9.47 Å². The molecule has 1 aromatic carbocycles. The lowest BCUT2D eigenvalue weighted by atomic mass is 10.1. The molecule has 1 aromatic rings. The van der Waals surface area contributed by atoms with Gasteiger partial charge in [-0.05, 0) is 30.9 Å². The molecule has 0 radical (unpaired) electrons. The summed E-state index contributed by atoms with van der Waals surface area (Å²) in [6.45, 7) is 0.354. The molecule has 2 aliphatic rings. The largest absolute Gasteiger partial charge is 0.493 e. The van der Waals surface area contributed by atoms with Crippen molar-refractivity contribution in [3.63, 3.8) is 0 Å². The molecule has 0 aliphatic carbocycles. The highest BCUT2D eigenvalue weighted by atomic mass is 79.9. The van der Waals surface area contributed by atoms with Crippen LogP contribution in [0.5, 0.6) is 11.5 Å². The van der Waals surface area contributed by atoms with Gasteiger partial charge in [0.2, 0.25) is 5.91 Å². The quantitative estimate of drug-likeness (QED) is 0.481. The van der Waals surface area contributed by atoms with Crippen molar-refractivity contribution in [1.29, 1.82) is 0 Å². The van der Waals surface area contributed by atoms with Crippen LogP contribution in [0, 0.1) is 0 Å². The zero-order valence-electron chi connectivity index (χ0n) is 15.2. The third kappa shape index (κ3) is 4.11. The number of hydrogen-bond acceptors (Lipinski definition) is 5. The maximum atomic E-state index is 12.9. The van der Waals surface area contributed by atoms with Crippen LogP contribution in [0.15, 0.2) is 23.9 Å².